The van der Waals surface area contributed by atoms with Gasteiger partial charge in [0.05, 0.1) is 115 Å². The van der Waals surface area contributed by atoms with Crippen molar-refractivity contribution >= 4 is 68.5 Å². The van der Waals surface area contributed by atoms with E-state index in [9.17, 15) is 14.4 Å². The molecule has 0 saturated carbocycles. The fraction of sp³-hybridized carbons (Fsp3) is 0.457. The maximum atomic E-state index is 13.2. The van der Waals surface area contributed by atoms with Gasteiger partial charge in [-0.15, -0.1) is 32.9 Å². The molecule has 5 aromatic rings. The number of carbonyl (C=O) groups is 3. The number of aromatic nitrogens is 4. The molecule has 6 rings (SSSR count). The van der Waals surface area contributed by atoms with E-state index in [4.69, 9.17) is 45.0 Å². The number of hydrogen-bond acceptors (Lipinski definition) is 15. The lowest BCUT2D eigenvalue weighted by atomic mass is 9.99. The first kappa shape index (κ1) is 50.5. The predicted molar refractivity (Wildman–Crippen MR) is 255 cm³/mol. The number of benzene rings is 2. The Morgan fingerprint density at radius 3 is 1.92 bits per heavy atom. The number of para-hydroxylation sites is 1. The van der Waals surface area contributed by atoms with Crippen LogP contribution in [0.25, 0.3) is 5.00 Å². The molecular weight excluding hydrogens is 908 g/mol. The number of nitrogens with zero attached hydrogens (tertiary/aromatic N) is 5. The third-order valence-corrected chi connectivity index (χ3v) is 12.8. The third kappa shape index (κ3) is 14.5. The van der Waals surface area contributed by atoms with Gasteiger partial charge in [0.25, 0.3) is 5.91 Å². The Balaban J connectivity index is 0.741. The molecule has 3 amide bonds. The van der Waals surface area contributed by atoms with Gasteiger partial charge in [-0.1, -0.05) is 35.9 Å². The number of ether oxygens (including phenoxy) is 6. The highest BCUT2D eigenvalue weighted by Gasteiger charge is 2.32. The number of fused-ring (bicyclic) bond motifs is 3. The van der Waals surface area contributed by atoms with E-state index in [1.807, 2.05) is 49.6 Å². The largest absolute Gasteiger partial charge is 0.379 e. The third-order valence-electron chi connectivity index (χ3n) is 10.3. The van der Waals surface area contributed by atoms with Gasteiger partial charge in [-0.2, -0.15) is 0 Å². The Kier molecular flexibility index (Phi) is 19.7. The van der Waals surface area contributed by atoms with Crippen LogP contribution in [0.3, 0.4) is 0 Å². The molecule has 17 nitrogen and oxygen atoms in total. The lowest BCUT2D eigenvalue weighted by Crippen LogP contribution is -2.29. The van der Waals surface area contributed by atoms with Gasteiger partial charge in [-0.3, -0.25) is 29.3 Å². The van der Waals surface area contributed by atoms with Crippen LogP contribution in [-0.2, 0) is 38.0 Å². The van der Waals surface area contributed by atoms with Crippen LogP contribution in [0.5, 0.6) is 0 Å². The monoisotopic (exact) mass is 964 g/mol. The molecule has 1 aliphatic rings. The van der Waals surface area contributed by atoms with Crippen LogP contribution in [0.1, 0.15) is 73.0 Å². The number of nitrogens with one attached hydrogen (secondary N) is 3. The highest BCUT2D eigenvalue weighted by Crippen LogP contribution is 2.39. The summed E-state index contributed by atoms with van der Waals surface area (Å²) in [6.45, 7) is 14.8. The fourth-order valence-corrected chi connectivity index (χ4v) is 8.85. The number of rotatable bonds is 27. The summed E-state index contributed by atoms with van der Waals surface area (Å²) in [4.78, 5) is 50.2. The van der Waals surface area contributed by atoms with E-state index >= 15 is 0 Å². The summed E-state index contributed by atoms with van der Waals surface area (Å²) >= 11 is 9.29. The normalized spacial score (nSPS) is 13.2. The quantitative estimate of drug-likeness (QED) is 0.0469. The molecule has 0 unspecified atom stereocenters. The lowest BCUT2D eigenvalue weighted by molar-refractivity contribution is -0.121. The minimum Gasteiger partial charge on any atom is -0.379 e. The molecule has 3 aromatic heterocycles. The van der Waals surface area contributed by atoms with Gasteiger partial charge in [0.1, 0.15) is 16.9 Å². The van der Waals surface area contributed by atoms with Crippen LogP contribution in [0.4, 0.5) is 10.8 Å². The summed E-state index contributed by atoms with van der Waals surface area (Å²) in [5.41, 5.74) is 5.49. The molecule has 1 atom stereocenters. The maximum Gasteiger partial charge on any atom is 0.259 e. The summed E-state index contributed by atoms with van der Waals surface area (Å²) in [6.07, 6.45) is 0.226. The first-order chi connectivity index (χ1) is 32.0. The van der Waals surface area contributed by atoms with Crippen molar-refractivity contribution in [2.45, 2.75) is 53.5 Å². The second kappa shape index (κ2) is 25.8. The van der Waals surface area contributed by atoms with Gasteiger partial charge in [0, 0.05) is 32.4 Å². The number of carbonyl (C=O) groups excluding carboxylic acids is 3. The van der Waals surface area contributed by atoms with Crippen LogP contribution in [0.2, 0.25) is 5.02 Å². The van der Waals surface area contributed by atoms with Crippen LogP contribution in [0, 0.1) is 34.6 Å². The Morgan fingerprint density at radius 1 is 0.697 bits per heavy atom. The summed E-state index contributed by atoms with van der Waals surface area (Å²) in [5, 5.41) is 19.5. The van der Waals surface area contributed by atoms with E-state index in [-0.39, 0.29) is 37.2 Å². The minimum absolute atomic E-state index is 0.0996. The molecule has 354 valence electrons. The minimum atomic E-state index is -0.545. The molecule has 0 bridgehead atoms. The molecule has 2 aromatic carbocycles. The second-order valence-electron chi connectivity index (χ2n) is 15.1. The Bertz CT molecular complexity index is 2400. The summed E-state index contributed by atoms with van der Waals surface area (Å²) in [7, 11) is 0. The molecule has 20 heteroatoms. The highest BCUT2D eigenvalue weighted by molar-refractivity contribution is 7.16. The van der Waals surface area contributed by atoms with E-state index in [0.29, 0.717) is 106 Å². The Morgan fingerprint density at radius 2 is 1.30 bits per heavy atom. The maximum absolute atomic E-state index is 13.2. The number of aliphatic imine (C=N–C) groups is 1. The van der Waals surface area contributed by atoms with Gasteiger partial charge in [-0.05, 0) is 64.4 Å². The smallest absolute Gasteiger partial charge is 0.259 e. The second-order valence-corrected chi connectivity index (χ2v) is 17.9. The fourth-order valence-electron chi connectivity index (χ4n) is 6.70. The van der Waals surface area contributed by atoms with Crippen molar-refractivity contribution in [2.24, 2.45) is 4.99 Å². The molecule has 0 fully saturated rings. The van der Waals surface area contributed by atoms with Crippen molar-refractivity contribution in [1.29, 1.82) is 0 Å². The Hall–Kier alpha value is -4.96. The molecule has 0 aliphatic carbocycles. The SMILES string of the molecule is Cc1nc(NC(=O)c2ccccc2NC(=O)CCOCCOCCOCCOCCOCCOCCNC(=O)C[C@@H]2N=C(c3ccc(Cl)cc3)c3c(sc(C)c3C)-n3c(C)nnc32)sc1C. The van der Waals surface area contributed by atoms with E-state index in [2.05, 4.69) is 45.0 Å². The Labute approximate surface area is 397 Å². The van der Waals surface area contributed by atoms with E-state index in [1.54, 1.807) is 35.6 Å². The van der Waals surface area contributed by atoms with Crippen molar-refractivity contribution in [3.05, 3.63) is 103 Å². The number of anilines is 2. The summed E-state index contributed by atoms with van der Waals surface area (Å²) in [6, 6.07) is 13.9. The molecule has 66 heavy (non-hydrogen) atoms. The first-order valence-electron chi connectivity index (χ1n) is 21.7. The highest BCUT2D eigenvalue weighted by atomic mass is 35.5. The van der Waals surface area contributed by atoms with E-state index in [1.165, 1.54) is 16.2 Å². The number of hydrogen-bond donors (Lipinski definition) is 3. The van der Waals surface area contributed by atoms with Crippen LogP contribution >= 0.6 is 34.3 Å². The number of halogens is 1. The molecule has 0 saturated heterocycles. The van der Waals surface area contributed by atoms with Crippen LogP contribution in [-0.4, -0.2) is 129 Å². The number of thiophene rings is 1. The number of aryl methyl sites for hydroxylation is 4. The predicted octanol–water partition coefficient (Wildman–Crippen LogP) is 6.76. The molecule has 0 radical (unpaired) electrons. The van der Waals surface area contributed by atoms with Crippen molar-refractivity contribution < 1.29 is 42.8 Å². The lowest BCUT2D eigenvalue weighted by Gasteiger charge is -2.13. The molecule has 4 heterocycles. The average molecular weight is 966 g/mol. The van der Waals surface area contributed by atoms with Crippen molar-refractivity contribution in [2.75, 3.05) is 96.5 Å². The van der Waals surface area contributed by atoms with E-state index in [0.717, 1.165) is 43.8 Å². The first-order valence-corrected chi connectivity index (χ1v) is 23.7. The molecule has 3 N–H and O–H groups in total. The zero-order valence-corrected chi connectivity index (χ0v) is 40.3. The van der Waals surface area contributed by atoms with Crippen molar-refractivity contribution in [3.8, 4) is 5.00 Å². The number of amides is 3. The van der Waals surface area contributed by atoms with E-state index < -0.39 is 6.04 Å². The van der Waals surface area contributed by atoms with Crippen LogP contribution < -0.4 is 16.0 Å². The molecular formula is C46H57ClN8O9S2. The van der Waals surface area contributed by atoms with Gasteiger partial charge in [-0.25, -0.2) is 4.98 Å². The standard InChI is InChI=1S/C46H57ClN8O9S2/c1-29-31(3)65-45-41(29)42(34-10-12-35(47)13-11-34)51-38(43-54-53-33(5)55(43)45)28-40(57)48-15-17-60-19-21-62-23-25-64-27-26-63-24-22-61-20-18-59-16-14-39(56)50-37-9-7-6-8-36(37)44(58)52-46-49-30(2)32(4)66-46/h6-13,38H,14-28H2,1-5H3,(H,48,57)(H,50,56)(H,49,52,58)/t38-/m0/s1. The van der Waals surface area contributed by atoms with Gasteiger partial charge in [0.2, 0.25) is 11.8 Å². The summed E-state index contributed by atoms with van der Waals surface area (Å²) in [5.74, 6) is 0.589. The van der Waals surface area contributed by atoms with Crippen molar-refractivity contribution in [3.63, 3.8) is 0 Å². The molecule has 1 aliphatic heterocycles. The van der Waals surface area contributed by atoms with Gasteiger partial charge in [0.15, 0.2) is 11.0 Å². The topological polar surface area (TPSA) is 199 Å². The summed E-state index contributed by atoms with van der Waals surface area (Å²) < 4.78 is 35.4. The zero-order chi connectivity index (χ0) is 46.8. The molecule has 0 spiro atoms. The average Bonchev–Trinajstić information content (AvgIpc) is 3.90. The number of thiazole rings is 1. The van der Waals surface area contributed by atoms with Crippen molar-refractivity contribution in [1.82, 2.24) is 25.1 Å². The van der Waals surface area contributed by atoms with Crippen LogP contribution in [0.15, 0.2) is 53.5 Å². The zero-order valence-electron chi connectivity index (χ0n) is 37.9. The van der Waals surface area contributed by atoms with Gasteiger partial charge < -0.3 is 39.1 Å². The van der Waals surface area contributed by atoms with Gasteiger partial charge >= 0.3 is 0 Å².